The number of rotatable bonds is 4. The lowest BCUT2D eigenvalue weighted by Crippen LogP contribution is -2.14. The highest BCUT2D eigenvalue weighted by Gasteiger charge is 2.09. The molecule has 0 aliphatic rings. The number of hydrogen-bond donors (Lipinski definition) is 2. The molecule has 0 aliphatic heterocycles. The van der Waals surface area contributed by atoms with Gasteiger partial charge in [0, 0.05) is 17.1 Å². The van der Waals surface area contributed by atoms with Crippen LogP contribution in [0.3, 0.4) is 0 Å². The third-order valence-electron chi connectivity index (χ3n) is 2.02. The standard InChI is InChI=1S/C12H14ClNO3/c1-7(2)3-11(15)14-10-5-8(12(16)17)4-9(13)6-10/h4-7H,3H2,1-2H3,(H,14,15)(H,16,17). The number of hydrogen-bond acceptors (Lipinski definition) is 2. The molecule has 0 radical (unpaired) electrons. The molecule has 1 rings (SSSR count). The van der Waals surface area contributed by atoms with Crippen molar-refractivity contribution in [1.29, 1.82) is 0 Å². The fraction of sp³-hybridized carbons (Fsp3) is 0.333. The number of carbonyl (C=O) groups is 2. The second-order valence-electron chi connectivity index (χ2n) is 4.18. The van der Waals surface area contributed by atoms with Gasteiger partial charge in [0.2, 0.25) is 5.91 Å². The van der Waals surface area contributed by atoms with E-state index in [1.54, 1.807) is 0 Å². The number of carboxylic acids is 1. The highest BCUT2D eigenvalue weighted by molar-refractivity contribution is 6.31. The molecule has 0 bridgehead atoms. The molecule has 4 nitrogen and oxygen atoms in total. The van der Waals surface area contributed by atoms with Gasteiger partial charge in [-0.3, -0.25) is 4.79 Å². The van der Waals surface area contributed by atoms with Gasteiger partial charge < -0.3 is 10.4 Å². The topological polar surface area (TPSA) is 66.4 Å². The lowest BCUT2D eigenvalue weighted by molar-refractivity contribution is -0.116. The van der Waals surface area contributed by atoms with Gasteiger partial charge in [-0.1, -0.05) is 25.4 Å². The minimum atomic E-state index is -1.08. The van der Waals surface area contributed by atoms with Crippen LogP contribution in [0.5, 0.6) is 0 Å². The monoisotopic (exact) mass is 255 g/mol. The molecule has 0 saturated carbocycles. The molecule has 0 fully saturated rings. The molecule has 0 heterocycles. The minimum Gasteiger partial charge on any atom is -0.478 e. The molecule has 5 heteroatoms. The van der Waals surface area contributed by atoms with Crippen molar-refractivity contribution in [3.63, 3.8) is 0 Å². The summed E-state index contributed by atoms with van der Waals surface area (Å²) in [6.45, 7) is 3.86. The second-order valence-corrected chi connectivity index (χ2v) is 4.62. The Labute approximate surface area is 105 Å². The van der Waals surface area contributed by atoms with Crippen LogP contribution in [-0.2, 0) is 4.79 Å². The second kappa shape index (κ2) is 5.68. The zero-order valence-electron chi connectivity index (χ0n) is 9.66. The summed E-state index contributed by atoms with van der Waals surface area (Å²) in [5.41, 5.74) is 0.456. The molecule has 17 heavy (non-hydrogen) atoms. The molecular weight excluding hydrogens is 242 g/mol. The Morgan fingerprint density at radius 1 is 1.35 bits per heavy atom. The summed E-state index contributed by atoms with van der Waals surface area (Å²) in [6.07, 6.45) is 0.384. The van der Waals surface area contributed by atoms with Crippen LogP contribution in [-0.4, -0.2) is 17.0 Å². The quantitative estimate of drug-likeness (QED) is 0.869. The zero-order chi connectivity index (χ0) is 13.0. The van der Waals surface area contributed by atoms with E-state index in [1.807, 2.05) is 13.8 Å². The first kappa shape index (κ1) is 13.5. The Hall–Kier alpha value is -1.55. The first-order valence-corrected chi connectivity index (χ1v) is 5.60. The number of anilines is 1. The Bertz CT molecular complexity index is 443. The zero-order valence-corrected chi connectivity index (χ0v) is 10.4. The van der Waals surface area contributed by atoms with Crippen LogP contribution in [0, 0.1) is 5.92 Å². The Morgan fingerprint density at radius 2 is 2.00 bits per heavy atom. The van der Waals surface area contributed by atoms with E-state index in [0.29, 0.717) is 12.1 Å². The molecule has 1 aromatic carbocycles. The number of benzene rings is 1. The van der Waals surface area contributed by atoms with Crippen molar-refractivity contribution in [2.45, 2.75) is 20.3 Å². The third kappa shape index (κ3) is 4.44. The largest absolute Gasteiger partial charge is 0.478 e. The van der Waals surface area contributed by atoms with Crippen LogP contribution < -0.4 is 5.32 Å². The molecule has 0 aromatic heterocycles. The van der Waals surface area contributed by atoms with E-state index in [1.165, 1.54) is 18.2 Å². The Morgan fingerprint density at radius 3 is 2.53 bits per heavy atom. The molecule has 0 spiro atoms. The molecule has 92 valence electrons. The van der Waals surface area contributed by atoms with Gasteiger partial charge in [0.1, 0.15) is 0 Å². The summed E-state index contributed by atoms with van der Waals surface area (Å²) in [4.78, 5) is 22.3. The van der Waals surface area contributed by atoms with E-state index in [-0.39, 0.29) is 22.4 Å². The van der Waals surface area contributed by atoms with Gasteiger partial charge >= 0.3 is 5.97 Å². The van der Waals surface area contributed by atoms with Crippen molar-refractivity contribution in [2.24, 2.45) is 5.92 Å². The maximum absolute atomic E-state index is 11.5. The van der Waals surface area contributed by atoms with Crippen molar-refractivity contribution in [3.05, 3.63) is 28.8 Å². The smallest absolute Gasteiger partial charge is 0.335 e. The van der Waals surface area contributed by atoms with Crippen molar-refractivity contribution < 1.29 is 14.7 Å². The number of amides is 1. The molecule has 1 amide bonds. The Kier molecular flexibility index (Phi) is 4.52. The highest BCUT2D eigenvalue weighted by atomic mass is 35.5. The average molecular weight is 256 g/mol. The molecule has 0 saturated heterocycles. The maximum Gasteiger partial charge on any atom is 0.335 e. The first-order chi connectivity index (χ1) is 7.88. The molecule has 0 aliphatic carbocycles. The summed E-state index contributed by atoms with van der Waals surface area (Å²) < 4.78 is 0. The number of carboxylic acid groups (broad SMARTS) is 1. The van der Waals surface area contributed by atoms with Gasteiger partial charge in [0.05, 0.1) is 5.56 Å². The molecule has 2 N–H and O–H groups in total. The SMILES string of the molecule is CC(C)CC(=O)Nc1cc(Cl)cc(C(=O)O)c1. The molecule has 0 atom stereocenters. The number of aromatic carboxylic acids is 1. The number of nitrogens with one attached hydrogen (secondary N) is 1. The van der Waals surface area contributed by atoms with Gasteiger partial charge in [-0.25, -0.2) is 4.79 Å². The van der Waals surface area contributed by atoms with E-state index in [4.69, 9.17) is 16.7 Å². The number of carbonyl (C=O) groups excluding carboxylic acids is 1. The normalized spacial score (nSPS) is 10.4. The predicted molar refractivity (Wildman–Crippen MR) is 66.5 cm³/mol. The van der Waals surface area contributed by atoms with Gasteiger partial charge in [0.25, 0.3) is 0 Å². The van der Waals surface area contributed by atoms with Gasteiger partial charge in [-0.2, -0.15) is 0 Å². The first-order valence-electron chi connectivity index (χ1n) is 5.22. The summed E-state index contributed by atoms with van der Waals surface area (Å²) >= 11 is 5.77. The summed E-state index contributed by atoms with van der Waals surface area (Å²) in [7, 11) is 0. The van der Waals surface area contributed by atoms with E-state index in [2.05, 4.69) is 5.32 Å². The van der Waals surface area contributed by atoms with Gasteiger partial charge in [-0.05, 0) is 24.1 Å². The maximum atomic E-state index is 11.5. The van der Waals surface area contributed by atoms with Crippen LogP contribution in [0.25, 0.3) is 0 Å². The minimum absolute atomic E-state index is 0.0531. The van der Waals surface area contributed by atoms with Crippen LogP contribution in [0.15, 0.2) is 18.2 Å². The van der Waals surface area contributed by atoms with Crippen LogP contribution in [0.1, 0.15) is 30.6 Å². The molecule has 0 unspecified atom stereocenters. The number of halogens is 1. The van der Waals surface area contributed by atoms with E-state index in [9.17, 15) is 9.59 Å². The van der Waals surface area contributed by atoms with E-state index < -0.39 is 5.97 Å². The lowest BCUT2D eigenvalue weighted by Gasteiger charge is -2.08. The molecular formula is C12H14ClNO3. The van der Waals surface area contributed by atoms with Crippen molar-refractivity contribution in [3.8, 4) is 0 Å². The third-order valence-corrected chi connectivity index (χ3v) is 2.24. The fourth-order valence-corrected chi connectivity index (χ4v) is 1.60. The molecule has 1 aromatic rings. The van der Waals surface area contributed by atoms with Crippen molar-refractivity contribution >= 4 is 29.2 Å². The van der Waals surface area contributed by atoms with Gasteiger partial charge in [-0.15, -0.1) is 0 Å². The predicted octanol–water partition coefficient (Wildman–Crippen LogP) is 3.02. The fourth-order valence-electron chi connectivity index (χ4n) is 1.37. The summed E-state index contributed by atoms with van der Waals surface area (Å²) in [5, 5.41) is 11.7. The van der Waals surface area contributed by atoms with Crippen LogP contribution in [0.4, 0.5) is 5.69 Å². The average Bonchev–Trinajstić information content (AvgIpc) is 2.14. The lowest BCUT2D eigenvalue weighted by atomic mass is 10.1. The van der Waals surface area contributed by atoms with Crippen molar-refractivity contribution in [1.82, 2.24) is 0 Å². The summed E-state index contributed by atoms with van der Waals surface area (Å²) in [6, 6.07) is 4.24. The van der Waals surface area contributed by atoms with Crippen LogP contribution in [0.2, 0.25) is 5.02 Å². The van der Waals surface area contributed by atoms with Gasteiger partial charge in [0.15, 0.2) is 0 Å². The Balaban J connectivity index is 2.84. The van der Waals surface area contributed by atoms with E-state index >= 15 is 0 Å². The van der Waals surface area contributed by atoms with Crippen molar-refractivity contribution in [2.75, 3.05) is 5.32 Å². The highest BCUT2D eigenvalue weighted by Crippen LogP contribution is 2.19. The summed E-state index contributed by atoms with van der Waals surface area (Å²) in [5.74, 6) is -0.987. The van der Waals surface area contributed by atoms with Crippen LogP contribution >= 0.6 is 11.6 Å². The van der Waals surface area contributed by atoms with E-state index in [0.717, 1.165) is 0 Å².